The van der Waals surface area contributed by atoms with Crippen LogP contribution < -0.4 is 0 Å². The fourth-order valence-corrected chi connectivity index (χ4v) is 3.79. The second-order valence-corrected chi connectivity index (χ2v) is 8.88. The molecule has 4 heteroatoms. The van der Waals surface area contributed by atoms with Crippen LogP contribution in [0, 0.1) is 17.8 Å². The van der Waals surface area contributed by atoms with Crippen molar-refractivity contribution in [1.29, 1.82) is 0 Å². The predicted molar refractivity (Wildman–Crippen MR) is 114 cm³/mol. The maximum absolute atomic E-state index is 12.5. The minimum atomic E-state index is -0.328. The fraction of sp³-hybridized carbons (Fsp3) is 0.917. The van der Waals surface area contributed by atoms with Gasteiger partial charge < -0.3 is 9.47 Å². The summed E-state index contributed by atoms with van der Waals surface area (Å²) in [5, 5.41) is 0. The Hall–Kier alpha value is -1.06. The molecule has 1 saturated carbocycles. The third-order valence-corrected chi connectivity index (χ3v) is 6.10. The van der Waals surface area contributed by atoms with E-state index in [1.807, 2.05) is 20.8 Å². The number of rotatable bonds is 14. The molecule has 3 atom stereocenters. The zero-order chi connectivity index (χ0) is 20.8. The first kappa shape index (κ1) is 25.0. The Balaban J connectivity index is 2.24. The highest BCUT2D eigenvalue weighted by atomic mass is 16.5. The van der Waals surface area contributed by atoms with Crippen molar-refractivity contribution in [1.82, 2.24) is 0 Å². The Kier molecular flexibility index (Phi) is 13.3. The summed E-state index contributed by atoms with van der Waals surface area (Å²) in [6, 6.07) is 0. The highest BCUT2D eigenvalue weighted by molar-refractivity contribution is 5.82. The van der Waals surface area contributed by atoms with Gasteiger partial charge >= 0.3 is 11.9 Å². The fourth-order valence-electron chi connectivity index (χ4n) is 3.79. The molecule has 1 aliphatic carbocycles. The first-order chi connectivity index (χ1) is 13.5. The highest BCUT2D eigenvalue weighted by Crippen LogP contribution is 2.32. The van der Waals surface area contributed by atoms with Crippen molar-refractivity contribution < 1.29 is 19.1 Å². The van der Waals surface area contributed by atoms with E-state index in [2.05, 4.69) is 6.92 Å². The molecule has 1 aliphatic rings. The summed E-state index contributed by atoms with van der Waals surface area (Å²) in [5.41, 5.74) is 0. The quantitative estimate of drug-likeness (QED) is 0.250. The third-order valence-electron chi connectivity index (χ3n) is 6.10. The van der Waals surface area contributed by atoms with Crippen molar-refractivity contribution in [3.63, 3.8) is 0 Å². The van der Waals surface area contributed by atoms with Crippen LogP contribution in [0.5, 0.6) is 0 Å². The van der Waals surface area contributed by atoms with Crippen molar-refractivity contribution in [3.05, 3.63) is 0 Å². The lowest BCUT2D eigenvalue weighted by molar-refractivity contribution is -0.167. The molecule has 0 radical (unpaired) electrons. The molecular weight excluding hydrogens is 352 g/mol. The highest BCUT2D eigenvalue weighted by Gasteiger charge is 2.38. The van der Waals surface area contributed by atoms with Gasteiger partial charge in [-0.3, -0.25) is 9.59 Å². The maximum atomic E-state index is 12.5. The molecular formula is C24H44O4. The minimum Gasteiger partial charge on any atom is -0.465 e. The number of carbonyl (C=O) groups excluding carboxylic acids is 2. The van der Waals surface area contributed by atoms with Gasteiger partial charge in [-0.2, -0.15) is 0 Å². The zero-order valence-corrected chi connectivity index (χ0v) is 18.8. The van der Waals surface area contributed by atoms with Gasteiger partial charge in [-0.1, -0.05) is 85.0 Å². The van der Waals surface area contributed by atoms with Gasteiger partial charge in [0.1, 0.15) is 6.10 Å². The second kappa shape index (κ2) is 14.9. The van der Waals surface area contributed by atoms with Crippen LogP contribution >= 0.6 is 0 Å². The Morgan fingerprint density at radius 2 is 1.29 bits per heavy atom. The van der Waals surface area contributed by atoms with E-state index in [0.717, 1.165) is 38.5 Å². The van der Waals surface area contributed by atoms with Gasteiger partial charge in [-0.05, 0) is 32.1 Å². The van der Waals surface area contributed by atoms with E-state index >= 15 is 0 Å². The summed E-state index contributed by atoms with van der Waals surface area (Å²) < 4.78 is 11.1. The molecule has 0 aromatic heterocycles. The molecule has 0 spiro atoms. The molecule has 28 heavy (non-hydrogen) atoms. The zero-order valence-electron chi connectivity index (χ0n) is 18.8. The largest absolute Gasteiger partial charge is 0.465 e. The Labute approximate surface area is 173 Å². The molecule has 4 nitrogen and oxygen atoms in total. The summed E-state index contributed by atoms with van der Waals surface area (Å²) in [5.74, 6) is -0.779. The topological polar surface area (TPSA) is 52.6 Å². The van der Waals surface area contributed by atoms with Crippen molar-refractivity contribution >= 4 is 11.9 Å². The van der Waals surface area contributed by atoms with Crippen molar-refractivity contribution in [3.8, 4) is 0 Å². The molecule has 0 aromatic rings. The van der Waals surface area contributed by atoms with E-state index < -0.39 is 0 Å². The number of esters is 2. The number of unbranched alkanes of at least 4 members (excludes halogenated alkanes) is 8. The van der Waals surface area contributed by atoms with E-state index in [1.165, 1.54) is 44.9 Å². The third kappa shape index (κ3) is 9.93. The van der Waals surface area contributed by atoms with Crippen LogP contribution in [0.1, 0.15) is 111 Å². The monoisotopic (exact) mass is 396 g/mol. The normalized spacial score (nSPS) is 20.8. The van der Waals surface area contributed by atoms with E-state index in [4.69, 9.17) is 9.47 Å². The summed E-state index contributed by atoms with van der Waals surface area (Å²) >= 11 is 0. The molecule has 0 N–H and O–H groups in total. The van der Waals surface area contributed by atoms with Gasteiger partial charge in [0.2, 0.25) is 0 Å². The standard InChI is InChI=1S/C24H44O4/c1-5-6-7-8-9-10-11-12-15-18-27-23(25)21-16-13-14-17-22(21)24(26)28-20(4)19(2)3/h19-22H,5-18H2,1-4H3. The lowest BCUT2D eigenvalue weighted by Crippen LogP contribution is -2.37. The van der Waals surface area contributed by atoms with Crippen LogP contribution in [-0.4, -0.2) is 24.6 Å². The van der Waals surface area contributed by atoms with Gasteiger partial charge in [0.05, 0.1) is 18.4 Å². The van der Waals surface area contributed by atoms with Crippen molar-refractivity contribution in [2.45, 2.75) is 117 Å². The van der Waals surface area contributed by atoms with Gasteiger partial charge in [0.25, 0.3) is 0 Å². The molecule has 1 fully saturated rings. The summed E-state index contributed by atoms with van der Waals surface area (Å²) in [7, 11) is 0. The molecule has 0 saturated heterocycles. The minimum absolute atomic E-state index is 0.118. The lowest BCUT2D eigenvalue weighted by atomic mass is 9.79. The SMILES string of the molecule is CCCCCCCCCCCOC(=O)C1CCCCC1C(=O)OC(C)C(C)C. The van der Waals surface area contributed by atoms with Gasteiger partial charge in [0, 0.05) is 0 Å². The van der Waals surface area contributed by atoms with E-state index in [9.17, 15) is 9.59 Å². The first-order valence-electron chi connectivity index (χ1n) is 11.8. The summed E-state index contributed by atoms with van der Waals surface area (Å²) in [6.07, 6.45) is 14.5. The average Bonchev–Trinajstić information content (AvgIpc) is 2.69. The molecule has 0 aliphatic heterocycles. The van der Waals surface area contributed by atoms with E-state index in [0.29, 0.717) is 6.61 Å². The van der Waals surface area contributed by atoms with Gasteiger partial charge in [-0.25, -0.2) is 0 Å². The van der Waals surface area contributed by atoms with Gasteiger partial charge in [-0.15, -0.1) is 0 Å². The Morgan fingerprint density at radius 3 is 1.82 bits per heavy atom. The molecule has 164 valence electrons. The second-order valence-electron chi connectivity index (χ2n) is 8.88. The molecule has 1 rings (SSSR count). The smallest absolute Gasteiger partial charge is 0.310 e. The molecule has 0 heterocycles. The van der Waals surface area contributed by atoms with Crippen LogP contribution in [0.4, 0.5) is 0 Å². The Bertz CT molecular complexity index is 432. The molecule has 0 aromatic carbocycles. The molecule has 0 bridgehead atoms. The number of hydrogen-bond donors (Lipinski definition) is 0. The Morgan fingerprint density at radius 1 is 0.786 bits per heavy atom. The van der Waals surface area contributed by atoms with E-state index in [-0.39, 0.29) is 35.8 Å². The maximum Gasteiger partial charge on any atom is 0.310 e. The summed E-state index contributed by atoms with van der Waals surface area (Å²) in [4.78, 5) is 25.1. The van der Waals surface area contributed by atoms with Crippen LogP contribution in [-0.2, 0) is 19.1 Å². The van der Waals surface area contributed by atoms with Crippen LogP contribution in [0.25, 0.3) is 0 Å². The van der Waals surface area contributed by atoms with Gasteiger partial charge in [0.15, 0.2) is 0 Å². The average molecular weight is 397 g/mol. The number of ether oxygens (including phenoxy) is 2. The van der Waals surface area contributed by atoms with Crippen molar-refractivity contribution in [2.75, 3.05) is 6.61 Å². The van der Waals surface area contributed by atoms with E-state index in [1.54, 1.807) is 0 Å². The molecule has 3 unspecified atom stereocenters. The van der Waals surface area contributed by atoms with Crippen LogP contribution in [0.3, 0.4) is 0 Å². The number of carbonyl (C=O) groups is 2. The molecule has 0 amide bonds. The van der Waals surface area contributed by atoms with Crippen LogP contribution in [0.2, 0.25) is 0 Å². The lowest BCUT2D eigenvalue weighted by Gasteiger charge is -2.30. The van der Waals surface area contributed by atoms with Crippen molar-refractivity contribution in [2.24, 2.45) is 17.8 Å². The van der Waals surface area contributed by atoms with Crippen LogP contribution in [0.15, 0.2) is 0 Å². The summed E-state index contributed by atoms with van der Waals surface area (Å²) in [6.45, 7) is 8.72. The predicted octanol–water partition coefficient (Wildman–Crippen LogP) is 6.45. The first-order valence-corrected chi connectivity index (χ1v) is 11.8. The number of hydrogen-bond acceptors (Lipinski definition) is 4.